The quantitative estimate of drug-likeness (QED) is 0.882. The number of rotatable bonds is 2. The Bertz CT molecular complexity index is 546. The first-order chi connectivity index (χ1) is 9.78. The molecule has 7 heteroatoms. The van der Waals surface area contributed by atoms with Crippen LogP contribution in [0.3, 0.4) is 0 Å². The number of nitrogens with two attached hydrogens (primary N) is 1. The van der Waals surface area contributed by atoms with Gasteiger partial charge < -0.3 is 16.0 Å². The van der Waals surface area contributed by atoms with Crippen LogP contribution in [0.25, 0.3) is 0 Å². The number of alkyl halides is 3. The minimum atomic E-state index is -4.37. The second-order valence-corrected chi connectivity index (χ2v) is 5.87. The molecular formula is C14H16F3N3O. The van der Waals surface area contributed by atoms with E-state index in [2.05, 4.69) is 5.32 Å². The van der Waals surface area contributed by atoms with Gasteiger partial charge in [-0.25, -0.2) is 4.79 Å². The lowest BCUT2D eigenvalue weighted by atomic mass is 9.86. The standard InChI is InChI=1S/C14H16F3N3O/c15-14(16,17)10-3-5-11(6-4-10)19-12(21)20-7-13(18,8-20)9-1-2-9/h3-6,9H,1-2,7-8,18H2,(H,19,21). The molecule has 0 radical (unpaired) electrons. The van der Waals surface area contributed by atoms with E-state index in [4.69, 9.17) is 5.73 Å². The van der Waals surface area contributed by atoms with E-state index in [9.17, 15) is 18.0 Å². The molecule has 1 aliphatic heterocycles. The van der Waals surface area contributed by atoms with Gasteiger partial charge in [0.2, 0.25) is 0 Å². The highest BCUT2D eigenvalue weighted by Gasteiger charge is 2.51. The molecule has 0 unspecified atom stereocenters. The van der Waals surface area contributed by atoms with Crippen molar-refractivity contribution in [3.63, 3.8) is 0 Å². The maximum absolute atomic E-state index is 12.4. The van der Waals surface area contributed by atoms with Gasteiger partial charge in [-0.15, -0.1) is 0 Å². The number of nitrogens with one attached hydrogen (secondary N) is 1. The highest BCUT2D eigenvalue weighted by Crippen LogP contribution is 2.43. The Hall–Kier alpha value is -1.76. The summed E-state index contributed by atoms with van der Waals surface area (Å²) in [6.45, 7) is 1.01. The molecule has 2 aliphatic rings. The normalized spacial score (nSPS) is 20.9. The van der Waals surface area contributed by atoms with Crippen LogP contribution in [-0.2, 0) is 6.18 Å². The summed E-state index contributed by atoms with van der Waals surface area (Å²) >= 11 is 0. The number of carbonyl (C=O) groups excluding carboxylic acids is 1. The van der Waals surface area contributed by atoms with Crippen LogP contribution in [-0.4, -0.2) is 29.6 Å². The Morgan fingerprint density at radius 3 is 2.29 bits per heavy atom. The van der Waals surface area contributed by atoms with Crippen molar-refractivity contribution in [1.29, 1.82) is 0 Å². The van der Waals surface area contributed by atoms with Crippen molar-refractivity contribution in [3.05, 3.63) is 29.8 Å². The Kier molecular flexibility index (Phi) is 3.12. The molecule has 1 saturated carbocycles. The van der Waals surface area contributed by atoms with E-state index in [1.165, 1.54) is 12.1 Å². The number of hydrogen-bond acceptors (Lipinski definition) is 2. The van der Waals surface area contributed by atoms with E-state index < -0.39 is 11.7 Å². The largest absolute Gasteiger partial charge is 0.416 e. The molecule has 1 aliphatic carbocycles. The number of likely N-dealkylation sites (tertiary alicyclic amines) is 1. The molecule has 0 bridgehead atoms. The summed E-state index contributed by atoms with van der Waals surface area (Å²) in [6, 6.07) is 4.07. The zero-order chi connectivity index (χ0) is 15.3. The predicted octanol–water partition coefficient (Wildman–Crippen LogP) is 2.66. The molecule has 1 heterocycles. The number of hydrogen-bond donors (Lipinski definition) is 2. The van der Waals surface area contributed by atoms with E-state index in [0.717, 1.165) is 25.0 Å². The highest BCUT2D eigenvalue weighted by atomic mass is 19.4. The SMILES string of the molecule is NC1(C2CC2)CN(C(=O)Nc2ccc(C(F)(F)F)cc2)C1. The van der Waals surface area contributed by atoms with Crippen molar-refractivity contribution in [3.8, 4) is 0 Å². The summed E-state index contributed by atoms with van der Waals surface area (Å²) in [6.07, 6.45) is -2.14. The zero-order valence-electron chi connectivity index (χ0n) is 11.3. The molecule has 3 N–H and O–H groups in total. The lowest BCUT2D eigenvalue weighted by Crippen LogP contribution is -2.70. The van der Waals surface area contributed by atoms with Crippen LogP contribution >= 0.6 is 0 Å². The van der Waals surface area contributed by atoms with Crippen LogP contribution in [0.2, 0.25) is 0 Å². The van der Waals surface area contributed by atoms with Gasteiger partial charge in [0.05, 0.1) is 11.1 Å². The number of carbonyl (C=O) groups is 1. The van der Waals surface area contributed by atoms with Crippen LogP contribution in [0.15, 0.2) is 24.3 Å². The number of anilines is 1. The summed E-state index contributed by atoms with van der Waals surface area (Å²) in [4.78, 5) is 13.5. The van der Waals surface area contributed by atoms with E-state index in [0.29, 0.717) is 24.7 Å². The third-order valence-corrected chi connectivity index (χ3v) is 4.11. The molecular weight excluding hydrogens is 283 g/mol. The summed E-state index contributed by atoms with van der Waals surface area (Å²) in [5.74, 6) is 0.507. The van der Waals surface area contributed by atoms with E-state index in [1.807, 2.05) is 0 Å². The molecule has 0 atom stereocenters. The fourth-order valence-corrected chi connectivity index (χ4v) is 2.67. The van der Waals surface area contributed by atoms with Gasteiger partial charge in [-0.3, -0.25) is 0 Å². The maximum Gasteiger partial charge on any atom is 0.416 e. The fourth-order valence-electron chi connectivity index (χ4n) is 2.67. The van der Waals surface area contributed by atoms with Crippen LogP contribution in [0, 0.1) is 5.92 Å². The highest BCUT2D eigenvalue weighted by molar-refractivity contribution is 5.90. The first kappa shape index (κ1) is 14.2. The number of halogens is 3. The molecule has 2 fully saturated rings. The Morgan fingerprint density at radius 2 is 1.81 bits per heavy atom. The van der Waals surface area contributed by atoms with Gasteiger partial charge in [0.1, 0.15) is 0 Å². The summed E-state index contributed by atoms with van der Waals surface area (Å²) in [7, 11) is 0. The van der Waals surface area contributed by atoms with Gasteiger partial charge in [0.15, 0.2) is 0 Å². The second kappa shape index (κ2) is 4.62. The summed E-state index contributed by atoms with van der Waals surface area (Å²) in [5.41, 5.74) is 5.49. The van der Waals surface area contributed by atoms with Gasteiger partial charge in [-0.2, -0.15) is 13.2 Å². The van der Waals surface area contributed by atoms with Gasteiger partial charge >= 0.3 is 12.2 Å². The Balaban J connectivity index is 1.56. The number of nitrogens with zero attached hydrogens (tertiary/aromatic N) is 1. The predicted molar refractivity (Wildman–Crippen MR) is 71.7 cm³/mol. The van der Waals surface area contributed by atoms with Crippen molar-refractivity contribution in [2.75, 3.05) is 18.4 Å². The van der Waals surface area contributed by atoms with Gasteiger partial charge in [0.25, 0.3) is 0 Å². The summed E-state index contributed by atoms with van der Waals surface area (Å²) < 4.78 is 37.3. The number of benzene rings is 1. The fraction of sp³-hybridized carbons (Fsp3) is 0.500. The Labute approximate surface area is 120 Å². The van der Waals surface area contributed by atoms with Crippen molar-refractivity contribution in [2.45, 2.75) is 24.6 Å². The molecule has 3 rings (SSSR count). The molecule has 114 valence electrons. The van der Waals surface area contributed by atoms with E-state index in [-0.39, 0.29) is 11.6 Å². The second-order valence-electron chi connectivity index (χ2n) is 5.87. The topological polar surface area (TPSA) is 58.4 Å². The molecule has 21 heavy (non-hydrogen) atoms. The molecule has 0 spiro atoms. The average Bonchev–Trinajstić information content (AvgIpc) is 3.19. The van der Waals surface area contributed by atoms with Crippen molar-refractivity contribution in [1.82, 2.24) is 4.90 Å². The van der Waals surface area contributed by atoms with Crippen molar-refractivity contribution in [2.24, 2.45) is 11.7 Å². The third kappa shape index (κ3) is 2.83. The summed E-state index contributed by atoms with van der Waals surface area (Å²) in [5, 5.41) is 2.58. The van der Waals surface area contributed by atoms with E-state index in [1.54, 1.807) is 4.90 Å². The average molecular weight is 299 g/mol. The monoisotopic (exact) mass is 299 g/mol. The minimum absolute atomic E-state index is 0.266. The first-order valence-corrected chi connectivity index (χ1v) is 6.80. The minimum Gasteiger partial charge on any atom is -0.322 e. The van der Waals surface area contributed by atoms with Crippen LogP contribution in [0.4, 0.5) is 23.7 Å². The molecule has 1 saturated heterocycles. The Morgan fingerprint density at radius 1 is 1.24 bits per heavy atom. The first-order valence-electron chi connectivity index (χ1n) is 6.80. The maximum atomic E-state index is 12.4. The van der Waals surface area contributed by atoms with Crippen molar-refractivity contribution >= 4 is 11.7 Å². The molecule has 2 amide bonds. The van der Waals surface area contributed by atoms with Crippen molar-refractivity contribution < 1.29 is 18.0 Å². The van der Waals surface area contributed by atoms with Crippen LogP contribution in [0.5, 0.6) is 0 Å². The van der Waals surface area contributed by atoms with Gasteiger partial charge in [0, 0.05) is 18.8 Å². The van der Waals surface area contributed by atoms with Gasteiger partial charge in [-0.1, -0.05) is 0 Å². The smallest absolute Gasteiger partial charge is 0.322 e. The van der Waals surface area contributed by atoms with Gasteiger partial charge in [-0.05, 0) is 43.0 Å². The van der Waals surface area contributed by atoms with Crippen LogP contribution in [0.1, 0.15) is 18.4 Å². The van der Waals surface area contributed by atoms with Crippen LogP contribution < -0.4 is 11.1 Å². The molecule has 1 aromatic carbocycles. The third-order valence-electron chi connectivity index (χ3n) is 4.11. The number of urea groups is 1. The lowest BCUT2D eigenvalue weighted by molar-refractivity contribution is -0.137. The molecule has 0 aromatic heterocycles. The lowest BCUT2D eigenvalue weighted by Gasteiger charge is -2.48. The number of amides is 2. The molecule has 1 aromatic rings. The zero-order valence-corrected chi connectivity index (χ0v) is 11.3. The van der Waals surface area contributed by atoms with E-state index >= 15 is 0 Å². The molecule has 4 nitrogen and oxygen atoms in total.